The highest BCUT2D eigenvalue weighted by Crippen LogP contribution is 2.03. The second-order valence-corrected chi connectivity index (χ2v) is 2.90. The Labute approximate surface area is 82.6 Å². The number of hydrogen-bond acceptors (Lipinski definition) is 4. The van der Waals surface area contributed by atoms with Crippen molar-refractivity contribution in [3.63, 3.8) is 0 Å². The van der Waals surface area contributed by atoms with Crippen LogP contribution in [0.2, 0.25) is 0 Å². The van der Waals surface area contributed by atoms with E-state index < -0.39 is 6.10 Å². The predicted molar refractivity (Wildman–Crippen MR) is 50.7 cm³/mol. The predicted octanol–water partition coefficient (Wildman–Crippen LogP) is 1.05. The Morgan fingerprint density at radius 1 is 1.21 bits per heavy atom. The third kappa shape index (κ3) is 3.85. The van der Waals surface area contributed by atoms with Crippen LogP contribution in [0.25, 0.3) is 0 Å². The van der Waals surface area contributed by atoms with Crippen LogP contribution in [0.15, 0.2) is 30.3 Å². The maximum absolute atomic E-state index is 8.82. The molecule has 0 aliphatic heterocycles. The molecule has 0 amide bonds. The first-order chi connectivity index (χ1) is 6.86. The fraction of sp³-hybridized carbons (Fsp3) is 0.400. The molecule has 1 aromatic carbocycles. The second-order valence-electron chi connectivity index (χ2n) is 2.90. The summed E-state index contributed by atoms with van der Waals surface area (Å²) < 4.78 is 5.28. The molecule has 0 fully saturated rings. The van der Waals surface area contributed by atoms with E-state index in [0.717, 1.165) is 5.56 Å². The van der Waals surface area contributed by atoms with E-state index in [4.69, 9.17) is 15.1 Å². The summed E-state index contributed by atoms with van der Waals surface area (Å²) in [5, 5.41) is 17.0. The summed E-state index contributed by atoms with van der Waals surface area (Å²) in [5.41, 5.74) is 1.02. The minimum Gasteiger partial charge on any atom is -0.394 e. The monoisotopic (exact) mass is 198 g/mol. The number of aliphatic hydroxyl groups is 1. The molecule has 4 heteroatoms. The molecule has 1 rings (SSSR count). The third-order valence-corrected chi connectivity index (χ3v) is 1.79. The zero-order valence-electron chi connectivity index (χ0n) is 7.80. The van der Waals surface area contributed by atoms with Gasteiger partial charge in [-0.25, -0.2) is 4.89 Å². The van der Waals surface area contributed by atoms with Crippen LogP contribution in [0, 0.1) is 0 Å². The van der Waals surface area contributed by atoms with Crippen molar-refractivity contribution >= 4 is 0 Å². The van der Waals surface area contributed by atoms with E-state index in [9.17, 15) is 0 Å². The Morgan fingerprint density at radius 2 is 1.93 bits per heavy atom. The first kappa shape index (κ1) is 11.1. The molecule has 14 heavy (non-hydrogen) atoms. The van der Waals surface area contributed by atoms with Crippen molar-refractivity contribution in [3.05, 3.63) is 35.9 Å². The summed E-state index contributed by atoms with van der Waals surface area (Å²) in [4.78, 5) is 3.90. The van der Waals surface area contributed by atoms with Gasteiger partial charge in [-0.15, -0.1) is 0 Å². The molecule has 78 valence electrons. The number of ether oxygens (including phenoxy) is 1. The first-order valence-electron chi connectivity index (χ1n) is 4.39. The van der Waals surface area contributed by atoms with E-state index in [0.29, 0.717) is 6.61 Å². The van der Waals surface area contributed by atoms with Crippen LogP contribution in [0.4, 0.5) is 0 Å². The van der Waals surface area contributed by atoms with Crippen molar-refractivity contribution in [1.29, 1.82) is 0 Å². The standard InChI is InChI=1S/C10H14O4/c11-6-10(8-14-12)13-7-9-4-2-1-3-5-9/h1-5,10-12H,6-8H2. The fourth-order valence-electron chi connectivity index (χ4n) is 1.02. The molecule has 0 bridgehead atoms. The molecule has 1 aromatic rings. The summed E-state index contributed by atoms with van der Waals surface area (Å²) in [7, 11) is 0. The lowest BCUT2D eigenvalue weighted by atomic mass is 10.2. The van der Waals surface area contributed by atoms with E-state index in [1.165, 1.54) is 0 Å². The number of rotatable bonds is 6. The summed E-state index contributed by atoms with van der Waals surface area (Å²) >= 11 is 0. The van der Waals surface area contributed by atoms with Crippen molar-refractivity contribution < 1.29 is 20.0 Å². The molecule has 4 nitrogen and oxygen atoms in total. The topological polar surface area (TPSA) is 58.9 Å². The van der Waals surface area contributed by atoms with E-state index in [1.54, 1.807) is 0 Å². The molecule has 0 aromatic heterocycles. The zero-order valence-corrected chi connectivity index (χ0v) is 7.80. The van der Waals surface area contributed by atoms with Crippen LogP contribution in [-0.2, 0) is 16.2 Å². The summed E-state index contributed by atoms with van der Waals surface area (Å²) in [6, 6.07) is 9.59. The van der Waals surface area contributed by atoms with Gasteiger partial charge in [0.15, 0.2) is 0 Å². The van der Waals surface area contributed by atoms with Gasteiger partial charge in [-0.2, -0.15) is 0 Å². The molecule has 0 radical (unpaired) electrons. The average molecular weight is 198 g/mol. The van der Waals surface area contributed by atoms with Crippen LogP contribution in [-0.4, -0.2) is 29.7 Å². The van der Waals surface area contributed by atoms with Crippen molar-refractivity contribution in [3.8, 4) is 0 Å². The molecule has 2 N–H and O–H groups in total. The van der Waals surface area contributed by atoms with Gasteiger partial charge >= 0.3 is 0 Å². The number of aliphatic hydroxyl groups excluding tert-OH is 1. The Balaban J connectivity index is 2.32. The quantitative estimate of drug-likeness (QED) is 0.530. The smallest absolute Gasteiger partial charge is 0.110 e. The van der Waals surface area contributed by atoms with Crippen LogP contribution in [0.1, 0.15) is 5.56 Å². The molecular formula is C10H14O4. The lowest BCUT2D eigenvalue weighted by Crippen LogP contribution is -2.23. The molecule has 0 saturated carbocycles. The lowest BCUT2D eigenvalue weighted by Gasteiger charge is -2.13. The van der Waals surface area contributed by atoms with E-state index in [-0.39, 0.29) is 13.2 Å². The lowest BCUT2D eigenvalue weighted by molar-refractivity contribution is -0.263. The molecular weight excluding hydrogens is 184 g/mol. The summed E-state index contributed by atoms with van der Waals surface area (Å²) in [5.74, 6) is 0. The van der Waals surface area contributed by atoms with Crippen LogP contribution < -0.4 is 0 Å². The SMILES string of the molecule is OCC(COO)OCc1ccccc1. The number of benzene rings is 1. The summed E-state index contributed by atoms with van der Waals surface area (Å²) in [6.45, 7) is 0.201. The Hall–Kier alpha value is -0.940. The van der Waals surface area contributed by atoms with E-state index in [1.807, 2.05) is 30.3 Å². The highest BCUT2D eigenvalue weighted by atomic mass is 17.1. The van der Waals surface area contributed by atoms with Gasteiger partial charge in [-0.1, -0.05) is 30.3 Å². The zero-order chi connectivity index (χ0) is 10.2. The van der Waals surface area contributed by atoms with Crippen molar-refractivity contribution in [2.75, 3.05) is 13.2 Å². The van der Waals surface area contributed by atoms with Crippen LogP contribution in [0.5, 0.6) is 0 Å². The maximum Gasteiger partial charge on any atom is 0.110 e. The molecule has 0 aliphatic rings. The van der Waals surface area contributed by atoms with Gasteiger partial charge in [0.25, 0.3) is 0 Å². The van der Waals surface area contributed by atoms with Gasteiger partial charge in [0.2, 0.25) is 0 Å². The van der Waals surface area contributed by atoms with Gasteiger partial charge in [0, 0.05) is 0 Å². The third-order valence-electron chi connectivity index (χ3n) is 1.79. The normalized spacial score (nSPS) is 12.7. The minimum absolute atomic E-state index is 0.0245. The molecule has 0 aliphatic carbocycles. The van der Waals surface area contributed by atoms with Gasteiger partial charge < -0.3 is 9.84 Å². The van der Waals surface area contributed by atoms with E-state index in [2.05, 4.69) is 4.89 Å². The maximum atomic E-state index is 8.82. The molecule has 0 heterocycles. The first-order valence-corrected chi connectivity index (χ1v) is 4.39. The van der Waals surface area contributed by atoms with Crippen molar-refractivity contribution in [2.24, 2.45) is 0 Å². The Kier molecular flexibility index (Phi) is 5.17. The van der Waals surface area contributed by atoms with Crippen LogP contribution in [0.3, 0.4) is 0 Å². The largest absolute Gasteiger partial charge is 0.394 e. The molecule has 0 saturated heterocycles. The Bertz CT molecular complexity index is 237. The molecule has 1 atom stereocenters. The van der Waals surface area contributed by atoms with Crippen molar-refractivity contribution in [2.45, 2.75) is 12.7 Å². The fourth-order valence-corrected chi connectivity index (χ4v) is 1.02. The van der Waals surface area contributed by atoms with Crippen molar-refractivity contribution in [1.82, 2.24) is 0 Å². The highest BCUT2D eigenvalue weighted by Gasteiger charge is 2.07. The molecule has 0 spiro atoms. The number of hydrogen-bond donors (Lipinski definition) is 2. The molecule has 1 unspecified atom stereocenters. The summed E-state index contributed by atoms with van der Waals surface area (Å²) in [6.07, 6.45) is -0.486. The van der Waals surface area contributed by atoms with Gasteiger partial charge in [-0.3, -0.25) is 5.26 Å². The van der Waals surface area contributed by atoms with Gasteiger partial charge in [0.1, 0.15) is 12.7 Å². The van der Waals surface area contributed by atoms with E-state index >= 15 is 0 Å². The minimum atomic E-state index is -0.486. The second kappa shape index (κ2) is 6.50. The highest BCUT2D eigenvalue weighted by molar-refractivity contribution is 5.13. The van der Waals surface area contributed by atoms with Crippen LogP contribution >= 0.6 is 0 Å². The van der Waals surface area contributed by atoms with Gasteiger partial charge in [-0.05, 0) is 5.56 Å². The Morgan fingerprint density at radius 3 is 2.50 bits per heavy atom. The van der Waals surface area contributed by atoms with Gasteiger partial charge in [0.05, 0.1) is 13.2 Å². The average Bonchev–Trinajstić information content (AvgIpc) is 2.25.